The number of ether oxygens (including phenoxy) is 1. The predicted octanol–water partition coefficient (Wildman–Crippen LogP) is 2.70. The van der Waals surface area contributed by atoms with Crippen LogP contribution in [0.25, 0.3) is 0 Å². The van der Waals surface area contributed by atoms with Crippen LogP contribution in [0.5, 0.6) is 0 Å². The largest absolute Gasteiger partial charge is 0.468 e. The molecule has 0 radical (unpaired) electrons. The molecule has 0 fully saturated rings. The average Bonchev–Trinajstić information content (AvgIpc) is 2.36. The van der Waals surface area contributed by atoms with E-state index in [1.54, 1.807) is 18.9 Å². The molecule has 0 spiro atoms. The Hall–Kier alpha value is -1.56. The lowest BCUT2D eigenvalue weighted by atomic mass is 10.1. The number of hydrogen-bond acceptors (Lipinski definition) is 3. The Labute approximate surface area is 110 Å². The number of nitrogens with zero attached hydrogens (tertiary/aromatic N) is 1. The first kappa shape index (κ1) is 15.5. The van der Waals surface area contributed by atoms with Crippen LogP contribution in [0.15, 0.2) is 24.3 Å². The van der Waals surface area contributed by atoms with Gasteiger partial charge in [-0.15, -0.1) is 0 Å². The predicted molar refractivity (Wildman–Crippen MR) is 64.4 cm³/mol. The molecule has 0 saturated carbocycles. The Bertz CT molecular complexity index is 429. The Morgan fingerprint density at radius 2 is 1.84 bits per heavy atom. The lowest BCUT2D eigenvalue weighted by molar-refractivity contribution is -0.146. The minimum absolute atomic E-state index is 0.369. The Morgan fingerprint density at radius 1 is 1.32 bits per heavy atom. The monoisotopic (exact) mass is 275 g/mol. The molecule has 0 aromatic heterocycles. The summed E-state index contributed by atoms with van der Waals surface area (Å²) in [6, 6.07) is 4.43. The van der Waals surface area contributed by atoms with Crippen molar-refractivity contribution in [3.63, 3.8) is 0 Å². The number of carbonyl (C=O) groups excluding carboxylic acids is 1. The van der Waals surface area contributed by atoms with Crippen molar-refractivity contribution in [3.05, 3.63) is 35.4 Å². The molecule has 1 rings (SSSR count). The summed E-state index contributed by atoms with van der Waals surface area (Å²) in [5.41, 5.74) is 0.0196. The van der Waals surface area contributed by atoms with Gasteiger partial charge in [0, 0.05) is 6.54 Å². The van der Waals surface area contributed by atoms with Gasteiger partial charge in [0.1, 0.15) is 6.04 Å². The van der Waals surface area contributed by atoms with Crippen molar-refractivity contribution in [3.8, 4) is 0 Å². The zero-order valence-corrected chi connectivity index (χ0v) is 11.0. The fraction of sp³-hybridized carbons (Fsp3) is 0.462. The van der Waals surface area contributed by atoms with Gasteiger partial charge in [-0.1, -0.05) is 12.1 Å². The maximum atomic E-state index is 12.4. The molecule has 3 nitrogen and oxygen atoms in total. The van der Waals surface area contributed by atoms with Crippen molar-refractivity contribution in [2.45, 2.75) is 25.7 Å². The van der Waals surface area contributed by atoms with Crippen molar-refractivity contribution in [1.82, 2.24) is 4.90 Å². The van der Waals surface area contributed by atoms with Gasteiger partial charge in [-0.3, -0.25) is 9.69 Å². The summed E-state index contributed by atoms with van der Waals surface area (Å²) in [5.74, 6) is -0.380. The summed E-state index contributed by atoms with van der Waals surface area (Å²) in [7, 11) is 3.00. The molecule has 1 aromatic rings. The van der Waals surface area contributed by atoms with Crippen LogP contribution in [0.4, 0.5) is 13.2 Å². The number of esters is 1. The molecule has 0 aliphatic rings. The Kier molecular flexibility index (Phi) is 4.94. The van der Waals surface area contributed by atoms with Gasteiger partial charge in [-0.2, -0.15) is 13.2 Å². The second-order valence-electron chi connectivity index (χ2n) is 4.31. The van der Waals surface area contributed by atoms with Crippen LogP contribution < -0.4 is 0 Å². The van der Waals surface area contributed by atoms with Crippen LogP contribution in [-0.2, 0) is 22.3 Å². The second-order valence-corrected chi connectivity index (χ2v) is 4.31. The fourth-order valence-corrected chi connectivity index (χ4v) is 1.57. The molecule has 1 atom stereocenters. The third-order valence-electron chi connectivity index (χ3n) is 2.92. The number of methoxy groups -OCH3 is 1. The van der Waals surface area contributed by atoms with Crippen molar-refractivity contribution in [2.24, 2.45) is 0 Å². The molecular formula is C13H16F3NO2. The first-order valence-electron chi connectivity index (χ1n) is 5.70. The van der Waals surface area contributed by atoms with E-state index in [1.807, 2.05) is 0 Å². The molecule has 0 bridgehead atoms. The maximum Gasteiger partial charge on any atom is 0.416 e. The normalized spacial score (nSPS) is 13.4. The zero-order chi connectivity index (χ0) is 14.6. The van der Waals surface area contributed by atoms with E-state index in [2.05, 4.69) is 4.74 Å². The molecule has 1 unspecified atom stereocenters. The van der Waals surface area contributed by atoms with Gasteiger partial charge in [0.2, 0.25) is 0 Å². The Balaban J connectivity index is 2.70. The number of halogens is 3. The third-order valence-corrected chi connectivity index (χ3v) is 2.92. The van der Waals surface area contributed by atoms with Crippen LogP contribution in [0.3, 0.4) is 0 Å². The molecule has 0 N–H and O–H groups in total. The van der Waals surface area contributed by atoms with Gasteiger partial charge >= 0.3 is 12.1 Å². The van der Waals surface area contributed by atoms with Crippen LogP contribution >= 0.6 is 0 Å². The number of likely N-dealkylation sites (N-methyl/N-ethyl adjacent to an activating group) is 1. The maximum absolute atomic E-state index is 12.4. The van der Waals surface area contributed by atoms with E-state index in [-0.39, 0.29) is 5.97 Å². The molecule has 6 heteroatoms. The molecule has 19 heavy (non-hydrogen) atoms. The number of carbonyl (C=O) groups is 1. The van der Waals surface area contributed by atoms with Crippen molar-refractivity contribution in [2.75, 3.05) is 14.2 Å². The van der Waals surface area contributed by atoms with Crippen molar-refractivity contribution >= 4 is 5.97 Å². The van der Waals surface area contributed by atoms with Gasteiger partial charge in [0.05, 0.1) is 12.7 Å². The van der Waals surface area contributed by atoms with Gasteiger partial charge < -0.3 is 4.74 Å². The highest BCUT2D eigenvalue weighted by molar-refractivity contribution is 5.75. The summed E-state index contributed by atoms with van der Waals surface area (Å²) in [6.07, 6.45) is -4.33. The lowest BCUT2D eigenvalue weighted by Gasteiger charge is -2.22. The molecule has 0 saturated heterocycles. The van der Waals surface area contributed by atoms with E-state index in [0.29, 0.717) is 12.1 Å². The molecule has 0 heterocycles. The first-order chi connectivity index (χ1) is 8.75. The van der Waals surface area contributed by atoms with Gasteiger partial charge in [0.25, 0.3) is 0 Å². The number of alkyl halides is 3. The molecule has 106 valence electrons. The van der Waals surface area contributed by atoms with E-state index in [4.69, 9.17) is 0 Å². The topological polar surface area (TPSA) is 29.5 Å². The molecular weight excluding hydrogens is 259 g/mol. The number of benzene rings is 1. The van der Waals surface area contributed by atoms with E-state index in [0.717, 1.165) is 12.1 Å². The Morgan fingerprint density at radius 3 is 2.26 bits per heavy atom. The van der Waals surface area contributed by atoms with E-state index in [9.17, 15) is 18.0 Å². The van der Waals surface area contributed by atoms with E-state index >= 15 is 0 Å². The van der Waals surface area contributed by atoms with Crippen LogP contribution in [0.2, 0.25) is 0 Å². The molecule has 1 aromatic carbocycles. The van der Waals surface area contributed by atoms with Crippen molar-refractivity contribution < 1.29 is 22.7 Å². The highest BCUT2D eigenvalue weighted by Crippen LogP contribution is 2.29. The standard InChI is InChI=1S/C13H16F3NO2/c1-9(12(18)19-3)17(2)8-10-4-6-11(7-5-10)13(14,15)16/h4-7,9H,8H2,1-3H3. The summed E-state index contributed by atoms with van der Waals surface area (Å²) in [5, 5.41) is 0. The third kappa shape index (κ3) is 4.24. The minimum Gasteiger partial charge on any atom is -0.468 e. The summed E-state index contributed by atoms with van der Waals surface area (Å²) in [4.78, 5) is 13.0. The van der Waals surface area contributed by atoms with Gasteiger partial charge in [-0.25, -0.2) is 0 Å². The fourth-order valence-electron chi connectivity index (χ4n) is 1.57. The summed E-state index contributed by atoms with van der Waals surface area (Å²) < 4.78 is 41.8. The van der Waals surface area contributed by atoms with Gasteiger partial charge in [-0.05, 0) is 31.7 Å². The summed E-state index contributed by atoms with van der Waals surface area (Å²) >= 11 is 0. The van der Waals surface area contributed by atoms with Crippen molar-refractivity contribution in [1.29, 1.82) is 0 Å². The highest BCUT2D eigenvalue weighted by atomic mass is 19.4. The lowest BCUT2D eigenvalue weighted by Crippen LogP contribution is -2.36. The van der Waals surface area contributed by atoms with Crippen LogP contribution in [-0.4, -0.2) is 31.1 Å². The average molecular weight is 275 g/mol. The minimum atomic E-state index is -4.33. The van der Waals surface area contributed by atoms with E-state index < -0.39 is 17.8 Å². The smallest absolute Gasteiger partial charge is 0.416 e. The van der Waals surface area contributed by atoms with Gasteiger partial charge in [0.15, 0.2) is 0 Å². The highest BCUT2D eigenvalue weighted by Gasteiger charge is 2.30. The number of hydrogen-bond donors (Lipinski definition) is 0. The van der Waals surface area contributed by atoms with Crippen LogP contribution in [0, 0.1) is 0 Å². The molecule has 0 aliphatic heterocycles. The SMILES string of the molecule is COC(=O)C(C)N(C)Cc1ccc(C(F)(F)F)cc1. The number of rotatable bonds is 4. The first-order valence-corrected chi connectivity index (χ1v) is 5.70. The molecule has 0 amide bonds. The second kappa shape index (κ2) is 6.06. The summed E-state index contributed by atoms with van der Waals surface area (Å²) in [6.45, 7) is 2.05. The quantitative estimate of drug-likeness (QED) is 0.791. The van der Waals surface area contributed by atoms with E-state index in [1.165, 1.54) is 19.2 Å². The molecule has 0 aliphatic carbocycles. The van der Waals surface area contributed by atoms with Crippen LogP contribution in [0.1, 0.15) is 18.1 Å². The zero-order valence-electron chi connectivity index (χ0n) is 11.0.